The zero-order valence-corrected chi connectivity index (χ0v) is 18.2. The summed E-state index contributed by atoms with van der Waals surface area (Å²) in [5, 5.41) is 21.7. The minimum Gasteiger partial charge on any atom is -0.387 e. The Balaban J connectivity index is 1.86. The lowest BCUT2D eigenvalue weighted by atomic mass is 9.84. The minimum absolute atomic E-state index is 0.198. The fraction of sp³-hybridized carbons (Fsp3) is 0.385. The van der Waals surface area contributed by atoms with Gasteiger partial charge in [0.15, 0.2) is 0 Å². The number of hydrogen-bond acceptors (Lipinski definition) is 6. The molecule has 0 bridgehead atoms. The highest BCUT2D eigenvalue weighted by molar-refractivity contribution is 5.15. The van der Waals surface area contributed by atoms with Crippen LogP contribution in [0.1, 0.15) is 11.1 Å². The lowest BCUT2D eigenvalue weighted by Gasteiger charge is -2.46. The molecule has 2 aromatic rings. The standard InChI is InChI=1S/C26H32O6/c1-3-15-29-23-21(27)22(28)24(30-16-4-2)26(32-18-20-13-9-6-10-14-20)25(23)31-17-19-11-7-5-8-12-19/h3-14,21-28H,1-2,15-18H2/t21-,22+,23-,24+,25-,26-/m1/s1. The van der Waals surface area contributed by atoms with Gasteiger partial charge < -0.3 is 29.2 Å². The van der Waals surface area contributed by atoms with Gasteiger partial charge in [0.25, 0.3) is 0 Å². The Morgan fingerprint density at radius 2 is 0.969 bits per heavy atom. The third kappa shape index (κ3) is 6.36. The van der Waals surface area contributed by atoms with Crippen molar-refractivity contribution in [3.63, 3.8) is 0 Å². The van der Waals surface area contributed by atoms with Gasteiger partial charge in [-0.05, 0) is 11.1 Å². The number of rotatable bonds is 12. The van der Waals surface area contributed by atoms with Crippen molar-refractivity contribution in [3.05, 3.63) is 97.1 Å². The first-order valence-corrected chi connectivity index (χ1v) is 10.8. The van der Waals surface area contributed by atoms with Crippen molar-refractivity contribution in [2.75, 3.05) is 13.2 Å². The fourth-order valence-corrected chi connectivity index (χ4v) is 3.81. The molecule has 0 saturated heterocycles. The predicted octanol–water partition coefficient (Wildman–Crippen LogP) is 3.04. The van der Waals surface area contributed by atoms with Crippen LogP contribution in [0.2, 0.25) is 0 Å². The predicted molar refractivity (Wildman–Crippen MR) is 122 cm³/mol. The SMILES string of the molecule is C=CCO[C@@H]1[C@H](O)[C@H](O)[C@H](OCC=C)[C@@H](OCc2ccccc2)[C@@H]1OCc1ccccc1. The maximum Gasteiger partial charge on any atom is 0.116 e. The Bertz CT molecular complexity index is 742. The summed E-state index contributed by atoms with van der Waals surface area (Å²) in [6.45, 7) is 8.34. The molecule has 32 heavy (non-hydrogen) atoms. The van der Waals surface area contributed by atoms with Crippen molar-refractivity contribution in [2.24, 2.45) is 0 Å². The van der Waals surface area contributed by atoms with Crippen LogP contribution in [0.25, 0.3) is 0 Å². The van der Waals surface area contributed by atoms with Crippen molar-refractivity contribution < 1.29 is 29.2 Å². The van der Waals surface area contributed by atoms with Crippen LogP contribution in [0.4, 0.5) is 0 Å². The maximum atomic E-state index is 10.9. The van der Waals surface area contributed by atoms with E-state index in [1.165, 1.54) is 0 Å². The van der Waals surface area contributed by atoms with Gasteiger partial charge in [0, 0.05) is 0 Å². The average molecular weight is 441 g/mol. The second-order valence-electron chi connectivity index (χ2n) is 7.68. The summed E-state index contributed by atoms with van der Waals surface area (Å²) < 4.78 is 24.2. The molecule has 1 fully saturated rings. The van der Waals surface area contributed by atoms with Crippen LogP contribution in [0.15, 0.2) is 86.0 Å². The van der Waals surface area contributed by atoms with Crippen LogP contribution in [0, 0.1) is 0 Å². The largest absolute Gasteiger partial charge is 0.387 e. The number of ether oxygens (including phenoxy) is 4. The zero-order chi connectivity index (χ0) is 22.8. The normalized spacial score (nSPS) is 27.7. The van der Waals surface area contributed by atoms with Crippen LogP contribution in [0.3, 0.4) is 0 Å². The minimum atomic E-state index is -1.22. The van der Waals surface area contributed by atoms with E-state index < -0.39 is 36.6 Å². The Labute approximate surface area is 189 Å². The molecule has 0 aliphatic heterocycles. The van der Waals surface area contributed by atoms with Gasteiger partial charge in [-0.1, -0.05) is 72.8 Å². The second-order valence-corrected chi connectivity index (χ2v) is 7.68. The lowest BCUT2D eigenvalue weighted by Crippen LogP contribution is -2.66. The van der Waals surface area contributed by atoms with Crippen molar-refractivity contribution >= 4 is 0 Å². The molecule has 2 aromatic carbocycles. The fourth-order valence-electron chi connectivity index (χ4n) is 3.81. The number of aliphatic hydroxyl groups excluding tert-OH is 2. The highest BCUT2D eigenvalue weighted by atomic mass is 16.6. The highest BCUT2D eigenvalue weighted by Gasteiger charge is 2.52. The summed E-state index contributed by atoms with van der Waals surface area (Å²) >= 11 is 0. The van der Waals surface area contributed by atoms with Gasteiger partial charge in [0.05, 0.1) is 26.4 Å². The van der Waals surface area contributed by atoms with Crippen molar-refractivity contribution in [3.8, 4) is 0 Å². The molecule has 1 aliphatic rings. The van der Waals surface area contributed by atoms with Crippen LogP contribution in [0.5, 0.6) is 0 Å². The van der Waals surface area contributed by atoms with E-state index in [1.54, 1.807) is 12.2 Å². The molecular weight excluding hydrogens is 408 g/mol. The summed E-state index contributed by atoms with van der Waals surface area (Å²) in [6.07, 6.45) is -2.28. The van der Waals surface area contributed by atoms with Gasteiger partial charge in [0.1, 0.15) is 36.6 Å². The average Bonchev–Trinajstić information content (AvgIpc) is 2.83. The van der Waals surface area contributed by atoms with Gasteiger partial charge in [0.2, 0.25) is 0 Å². The first kappa shape index (κ1) is 24.3. The molecule has 172 valence electrons. The monoisotopic (exact) mass is 440 g/mol. The van der Waals surface area contributed by atoms with E-state index in [0.29, 0.717) is 13.2 Å². The van der Waals surface area contributed by atoms with Crippen LogP contribution in [-0.4, -0.2) is 60.1 Å². The van der Waals surface area contributed by atoms with Gasteiger partial charge in [-0.25, -0.2) is 0 Å². The maximum absolute atomic E-state index is 10.9. The third-order valence-electron chi connectivity index (χ3n) is 5.38. The van der Waals surface area contributed by atoms with E-state index in [0.717, 1.165) is 11.1 Å². The summed E-state index contributed by atoms with van der Waals surface area (Å²) in [4.78, 5) is 0. The molecule has 6 atom stereocenters. The summed E-state index contributed by atoms with van der Waals surface area (Å²) in [6, 6.07) is 19.4. The molecule has 0 amide bonds. The number of aliphatic hydroxyl groups is 2. The molecular formula is C26H32O6. The lowest BCUT2D eigenvalue weighted by molar-refractivity contribution is -0.266. The van der Waals surface area contributed by atoms with Gasteiger partial charge in [-0.15, -0.1) is 13.2 Å². The summed E-state index contributed by atoms with van der Waals surface area (Å²) in [5.41, 5.74) is 1.95. The molecule has 0 unspecified atom stereocenters. The first-order valence-electron chi connectivity index (χ1n) is 10.8. The van der Waals surface area contributed by atoms with Crippen LogP contribution >= 0.6 is 0 Å². The van der Waals surface area contributed by atoms with Crippen LogP contribution < -0.4 is 0 Å². The summed E-state index contributed by atoms with van der Waals surface area (Å²) in [7, 11) is 0. The Kier molecular flexibility index (Phi) is 9.62. The smallest absolute Gasteiger partial charge is 0.116 e. The van der Waals surface area contributed by atoms with E-state index in [-0.39, 0.29) is 13.2 Å². The Hall–Kier alpha value is -2.32. The first-order chi connectivity index (χ1) is 15.7. The molecule has 6 heteroatoms. The van der Waals surface area contributed by atoms with Gasteiger partial charge in [-0.3, -0.25) is 0 Å². The number of hydrogen-bond donors (Lipinski definition) is 2. The van der Waals surface area contributed by atoms with E-state index in [1.807, 2.05) is 60.7 Å². The van der Waals surface area contributed by atoms with Gasteiger partial charge >= 0.3 is 0 Å². The van der Waals surface area contributed by atoms with E-state index >= 15 is 0 Å². The zero-order valence-electron chi connectivity index (χ0n) is 18.2. The quantitative estimate of drug-likeness (QED) is 0.494. The molecule has 2 N–H and O–H groups in total. The van der Waals surface area contributed by atoms with Gasteiger partial charge in [-0.2, -0.15) is 0 Å². The molecule has 0 heterocycles. The molecule has 1 aliphatic carbocycles. The number of benzene rings is 2. The molecule has 6 nitrogen and oxygen atoms in total. The van der Waals surface area contributed by atoms with Crippen molar-refractivity contribution in [1.29, 1.82) is 0 Å². The Morgan fingerprint density at radius 3 is 1.31 bits per heavy atom. The van der Waals surface area contributed by atoms with E-state index in [4.69, 9.17) is 18.9 Å². The topological polar surface area (TPSA) is 77.4 Å². The summed E-state index contributed by atoms with van der Waals surface area (Å²) in [5.74, 6) is 0. The van der Waals surface area contributed by atoms with Crippen LogP contribution in [-0.2, 0) is 32.2 Å². The molecule has 1 saturated carbocycles. The van der Waals surface area contributed by atoms with Crippen molar-refractivity contribution in [2.45, 2.75) is 49.8 Å². The van der Waals surface area contributed by atoms with E-state index in [2.05, 4.69) is 13.2 Å². The van der Waals surface area contributed by atoms with Crippen molar-refractivity contribution in [1.82, 2.24) is 0 Å². The Morgan fingerprint density at radius 1 is 0.594 bits per heavy atom. The molecule has 0 radical (unpaired) electrons. The second kappa shape index (κ2) is 12.6. The molecule has 0 aromatic heterocycles. The van der Waals surface area contributed by atoms with E-state index in [9.17, 15) is 10.2 Å². The highest BCUT2D eigenvalue weighted by Crippen LogP contribution is 2.31. The molecule has 0 spiro atoms. The molecule has 3 rings (SSSR count). The third-order valence-corrected chi connectivity index (χ3v) is 5.38.